The van der Waals surface area contributed by atoms with Crippen molar-refractivity contribution in [2.75, 3.05) is 5.32 Å². The van der Waals surface area contributed by atoms with Gasteiger partial charge in [0.15, 0.2) is 12.0 Å². The number of rotatable bonds is 3. The van der Waals surface area contributed by atoms with Crippen LogP contribution >= 0.6 is 11.3 Å². The number of anilines is 1. The first-order valence-electron chi connectivity index (χ1n) is 5.47. The summed E-state index contributed by atoms with van der Waals surface area (Å²) in [6.07, 6.45) is 1.79. The Bertz CT molecular complexity index is 673. The van der Waals surface area contributed by atoms with E-state index in [0.717, 1.165) is 16.1 Å². The maximum Gasteiger partial charge on any atom is 0.229 e. The maximum atomic E-state index is 11.8. The topological polar surface area (TPSA) is 55.1 Å². The van der Waals surface area contributed by atoms with Crippen molar-refractivity contribution in [3.63, 3.8) is 0 Å². The van der Waals surface area contributed by atoms with Gasteiger partial charge in [-0.05, 0) is 29.6 Å². The zero-order chi connectivity index (χ0) is 12.4. The number of fused-ring (bicyclic) bond motifs is 1. The Morgan fingerprint density at radius 1 is 1.39 bits per heavy atom. The smallest absolute Gasteiger partial charge is 0.229 e. The van der Waals surface area contributed by atoms with E-state index in [1.54, 1.807) is 29.5 Å². The molecular weight excluding hydrogens is 248 g/mol. The molecule has 0 radical (unpaired) electrons. The van der Waals surface area contributed by atoms with Gasteiger partial charge in [0.25, 0.3) is 0 Å². The lowest BCUT2D eigenvalue weighted by Gasteiger charge is -2.03. The summed E-state index contributed by atoms with van der Waals surface area (Å²) in [6.45, 7) is 0. The van der Waals surface area contributed by atoms with Crippen LogP contribution < -0.4 is 5.32 Å². The van der Waals surface area contributed by atoms with Crippen LogP contribution in [0.3, 0.4) is 0 Å². The van der Waals surface area contributed by atoms with Crippen molar-refractivity contribution < 1.29 is 9.21 Å². The van der Waals surface area contributed by atoms with Gasteiger partial charge in [0.05, 0.1) is 6.42 Å². The summed E-state index contributed by atoms with van der Waals surface area (Å²) in [6, 6.07) is 9.29. The summed E-state index contributed by atoms with van der Waals surface area (Å²) in [5, 5.41) is 4.81. The standard InChI is InChI=1S/C13H10N2O2S/c16-13(7-10-2-1-5-18-10)15-9-3-4-12-11(6-9)14-8-17-12/h1-6,8H,7H2,(H,15,16). The lowest BCUT2D eigenvalue weighted by Crippen LogP contribution is -2.13. The highest BCUT2D eigenvalue weighted by molar-refractivity contribution is 7.10. The Balaban J connectivity index is 1.73. The number of nitrogens with zero attached hydrogens (tertiary/aromatic N) is 1. The molecule has 5 heteroatoms. The van der Waals surface area contributed by atoms with Crippen LogP contribution in [-0.2, 0) is 11.2 Å². The van der Waals surface area contributed by atoms with Crippen molar-refractivity contribution in [3.05, 3.63) is 47.0 Å². The molecule has 0 atom stereocenters. The molecule has 0 spiro atoms. The predicted molar refractivity (Wildman–Crippen MR) is 70.7 cm³/mol. The van der Waals surface area contributed by atoms with Crippen LogP contribution in [0.25, 0.3) is 11.1 Å². The van der Waals surface area contributed by atoms with Crippen LogP contribution in [0.1, 0.15) is 4.88 Å². The van der Waals surface area contributed by atoms with Gasteiger partial charge < -0.3 is 9.73 Å². The minimum absolute atomic E-state index is 0.0275. The molecule has 2 heterocycles. The molecule has 2 aromatic heterocycles. The van der Waals surface area contributed by atoms with Gasteiger partial charge in [-0.25, -0.2) is 4.98 Å². The van der Waals surface area contributed by atoms with Crippen molar-refractivity contribution in [2.45, 2.75) is 6.42 Å². The average Bonchev–Trinajstić information content (AvgIpc) is 2.98. The highest BCUT2D eigenvalue weighted by atomic mass is 32.1. The third-order valence-electron chi connectivity index (χ3n) is 2.53. The van der Waals surface area contributed by atoms with Crippen LogP contribution in [0.2, 0.25) is 0 Å². The minimum Gasteiger partial charge on any atom is -0.443 e. The molecule has 18 heavy (non-hydrogen) atoms. The summed E-state index contributed by atoms with van der Waals surface area (Å²) in [5.74, 6) is -0.0275. The number of benzene rings is 1. The van der Waals surface area contributed by atoms with Crippen LogP contribution in [0.15, 0.2) is 46.5 Å². The largest absolute Gasteiger partial charge is 0.443 e. The van der Waals surface area contributed by atoms with Crippen molar-refractivity contribution in [3.8, 4) is 0 Å². The number of aromatic nitrogens is 1. The van der Waals surface area contributed by atoms with E-state index < -0.39 is 0 Å². The van der Waals surface area contributed by atoms with Gasteiger partial charge in [0.2, 0.25) is 5.91 Å². The molecule has 0 bridgehead atoms. The van der Waals surface area contributed by atoms with Crippen LogP contribution in [0.5, 0.6) is 0 Å². The van der Waals surface area contributed by atoms with Gasteiger partial charge in [-0.1, -0.05) is 6.07 Å². The zero-order valence-electron chi connectivity index (χ0n) is 9.42. The monoisotopic (exact) mass is 258 g/mol. The summed E-state index contributed by atoms with van der Waals surface area (Å²) < 4.78 is 5.14. The molecule has 3 aromatic rings. The van der Waals surface area contributed by atoms with Gasteiger partial charge >= 0.3 is 0 Å². The first-order valence-corrected chi connectivity index (χ1v) is 6.35. The normalized spacial score (nSPS) is 10.7. The minimum atomic E-state index is -0.0275. The summed E-state index contributed by atoms with van der Waals surface area (Å²) in [7, 11) is 0. The second-order valence-corrected chi connectivity index (χ2v) is 4.87. The molecule has 0 fully saturated rings. The molecule has 4 nitrogen and oxygen atoms in total. The zero-order valence-corrected chi connectivity index (χ0v) is 10.2. The second kappa shape index (κ2) is 4.62. The van der Waals surface area contributed by atoms with Crippen LogP contribution in [0.4, 0.5) is 5.69 Å². The molecule has 3 rings (SSSR count). The Kier molecular flexibility index (Phi) is 2.82. The molecule has 0 aliphatic rings. The highest BCUT2D eigenvalue weighted by Crippen LogP contribution is 2.18. The van der Waals surface area contributed by atoms with Gasteiger partial charge in [-0.3, -0.25) is 4.79 Å². The van der Waals surface area contributed by atoms with Gasteiger partial charge in [-0.2, -0.15) is 0 Å². The molecule has 0 aliphatic carbocycles. The van der Waals surface area contributed by atoms with E-state index in [-0.39, 0.29) is 5.91 Å². The van der Waals surface area contributed by atoms with Crippen LogP contribution in [-0.4, -0.2) is 10.9 Å². The Morgan fingerprint density at radius 3 is 3.17 bits per heavy atom. The van der Waals surface area contributed by atoms with E-state index >= 15 is 0 Å². The van der Waals surface area contributed by atoms with Crippen molar-refractivity contribution >= 4 is 34.0 Å². The van der Waals surface area contributed by atoms with E-state index in [1.165, 1.54) is 6.39 Å². The quantitative estimate of drug-likeness (QED) is 0.785. The Morgan fingerprint density at radius 2 is 2.33 bits per heavy atom. The van der Waals surface area contributed by atoms with Crippen molar-refractivity contribution in [1.82, 2.24) is 4.98 Å². The third kappa shape index (κ3) is 2.26. The average molecular weight is 258 g/mol. The predicted octanol–water partition coefficient (Wildman–Crippen LogP) is 3.07. The molecule has 0 aliphatic heterocycles. The molecule has 1 N–H and O–H groups in total. The SMILES string of the molecule is O=C(Cc1cccs1)Nc1ccc2ocnc2c1. The van der Waals surface area contributed by atoms with Gasteiger partial charge in [-0.15, -0.1) is 11.3 Å². The van der Waals surface area contributed by atoms with Crippen LogP contribution in [0, 0.1) is 0 Å². The first kappa shape index (κ1) is 11.0. The lowest BCUT2D eigenvalue weighted by atomic mass is 10.2. The van der Waals surface area contributed by atoms with Crippen molar-refractivity contribution in [2.24, 2.45) is 0 Å². The van der Waals surface area contributed by atoms with E-state index in [1.807, 2.05) is 17.5 Å². The number of carbonyl (C=O) groups excluding carboxylic acids is 1. The second-order valence-electron chi connectivity index (χ2n) is 3.84. The molecule has 0 saturated carbocycles. The molecule has 1 aromatic carbocycles. The summed E-state index contributed by atoms with van der Waals surface area (Å²) >= 11 is 1.58. The van der Waals surface area contributed by atoms with E-state index in [2.05, 4.69) is 10.3 Å². The molecular formula is C13H10N2O2S. The first-order chi connectivity index (χ1) is 8.81. The fourth-order valence-electron chi connectivity index (χ4n) is 1.71. The number of thiophene rings is 1. The number of amides is 1. The molecule has 90 valence electrons. The number of oxazole rings is 1. The fourth-order valence-corrected chi connectivity index (χ4v) is 2.42. The number of hydrogen-bond donors (Lipinski definition) is 1. The lowest BCUT2D eigenvalue weighted by molar-refractivity contribution is -0.115. The number of carbonyl (C=O) groups is 1. The third-order valence-corrected chi connectivity index (χ3v) is 3.41. The summed E-state index contributed by atoms with van der Waals surface area (Å²) in [5.41, 5.74) is 2.19. The number of nitrogens with one attached hydrogen (secondary N) is 1. The highest BCUT2D eigenvalue weighted by Gasteiger charge is 2.06. The van der Waals surface area contributed by atoms with E-state index in [0.29, 0.717) is 12.0 Å². The molecule has 1 amide bonds. The Hall–Kier alpha value is -2.14. The fraction of sp³-hybridized carbons (Fsp3) is 0.0769. The number of hydrogen-bond acceptors (Lipinski definition) is 4. The molecule has 0 unspecified atom stereocenters. The van der Waals surface area contributed by atoms with E-state index in [9.17, 15) is 4.79 Å². The van der Waals surface area contributed by atoms with E-state index in [4.69, 9.17) is 4.42 Å². The molecule has 0 saturated heterocycles. The van der Waals surface area contributed by atoms with Gasteiger partial charge in [0, 0.05) is 10.6 Å². The van der Waals surface area contributed by atoms with Crippen molar-refractivity contribution in [1.29, 1.82) is 0 Å². The maximum absolute atomic E-state index is 11.8. The summed E-state index contributed by atoms with van der Waals surface area (Å²) in [4.78, 5) is 16.9. The Labute approximate surface area is 107 Å². The van der Waals surface area contributed by atoms with Gasteiger partial charge in [0.1, 0.15) is 5.52 Å².